The molecule has 0 spiro atoms. The third kappa shape index (κ3) is 4.06. The van der Waals surface area contributed by atoms with Gasteiger partial charge >= 0.3 is 5.97 Å². The molecule has 0 saturated heterocycles. The van der Waals surface area contributed by atoms with Crippen LogP contribution in [0.4, 0.5) is 0 Å². The molecule has 0 aromatic carbocycles. The van der Waals surface area contributed by atoms with Crippen molar-refractivity contribution < 1.29 is 18.3 Å². The van der Waals surface area contributed by atoms with E-state index in [1.165, 1.54) is 6.07 Å². The van der Waals surface area contributed by atoms with E-state index in [1.54, 1.807) is 0 Å². The van der Waals surface area contributed by atoms with Gasteiger partial charge in [-0.3, -0.25) is 0 Å². The summed E-state index contributed by atoms with van der Waals surface area (Å²) in [6, 6.07) is 1.12. The molecule has 2 unspecified atom stereocenters. The summed E-state index contributed by atoms with van der Waals surface area (Å²) in [5.41, 5.74) is 0. The zero-order valence-electron chi connectivity index (χ0n) is 11.6. The molecular weight excluding hydrogens is 378 g/mol. The number of carboxylic acids is 1. The molecule has 2 atom stereocenters. The van der Waals surface area contributed by atoms with Crippen LogP contribution < -0.4 is 4.72 Å². The van der Waals surface area contributed by atoms with Gasteiger partial charge in [-0.25, -0.2) is 17.9 Å². The lowest BCUT2D eigenvalue weighted by molar-refractivity contribution is 0.0702. The van der Waals surface area contributed by atoms with E-state index in [0.717, 1.165) is 43.4 Å². The number of aromatic carboxylic acids is 1. The fourth-order valence-corrected chi connectivity index (χ4v) is 6.35. The maximum absolute atomic E-state index is 12.5. The van der Waals surface area contributed by atoms with Gasteiger partial charge in [-0.2, -0.15) is 0 Å². The summed E-state index contributed by atoms with van der Waals surface area (Å²) in [4.78, 5) is 11.0. The second-order valence-electron chi connectivity index (χ2n) is 5.40. The smallest absolute Gasteiger partial charge is 0.345 e. The standard InChI is InChI=1S/C13H18BrNO4S2/c1-8-5-3-2-4-6-9(8)15-21(18,19)11-7-10(13(16)17)20-12(11)14/h7-9,15H,2-6H2,1H3,(H,16,17). The van der Waals surface area contributed by atoms with E-state index in [1.807, 2.05) is 0 Å². The first-order chi connectivity index (χ1) is 9.81. The molecule has 1 aliphatic carbocycles. The lowest BCUT2D eigenvalue weighted by Gasteiger charge is -2.22. The van der Waals surface area contributed by atoms with Crippen molar-refractivity contribution in [1.29, 1.82) is 0 Å². The lowest BCUT2D eigenvalue weighted by Crippen LogP contribution is -2.38. The van der Waals surface area contributed by atoms with Crippen LogP contribution in [0.5, 0.6) is 0 Å². The van der Waals surface area contributed by atoms with Crippen LogP contribution in [0.15, 0.2) is 14.7 Å². The van der Waals surface area contributed by atoms with Crippen LogP contribution >= 0.6 is 27.3 Å². The van der Waals surface area contributed by atoms with Crippen LogP contribution in [-0.2, 0) is 10.0 Å². The average molecular weight is 396 g/mol. The minimum Gasteiger partial charge on any atom is -0.477 e. The maximum atomic E-state index is 12.5. The second-order valence-corrected chi connectivity index (χ2v) is 9.45. The minimum atomic E-state index is -3.70. The van der Waals surface area contributed by atoms with Gasteiger partial charge < -0.3 is 5.11 Å². The highest BCUT2D eigenvalue weighted by atomic mass is 79.9. The van der Waals surface area contributed by atoms with Crippen LogP contribution in [0.1, 0.15) is 48.7 Å². The quantitative estimate of drug-likeness (QED) is 0.764. The molecule has 1 heterocycles. The van der Waals surface area contributed by atoms with Crippen LogP contribution in [0.2, 0.25) is 0 Å². The monoisotopic (exact) mass is 395 g/mol. The SMILES string of the molecule is CC1CCCCCC1NS(=O)(=O)c1cc(C(=O)O)sc1Br. The number of hydrogen-bond acceptors (Lipinski definition) is 4. The van der Waals surface area contributed by atoms with Gasteiger partial charge in [0.05, 0.1) is 3.79 Å². The summed E-state index contributed by atoms with van der Waals surface area (Å²) in [5.74, 6) is -0.830. The van der Waals surface area contributed by atoms with E-state index < -0.39 is 16.0 Å². The third-order valence-electron chi connectivity index (χ3n) is 3.82. The molecule has 118 valence electrons. The third-order valence-corrected chi connectivity index (χ3v) is 7.55. The van der Waals surface area contributed by atoms with Crippen LogP contribution in [0.3, 0.4) is 0 Å². The number of sulfonamides is 1. The largest absolute Gasteiger partial charge is 0.477 e. The summed E-state index contributed by atoms with van der Waals surface area (Å²) < 4.78 is 28.1. The summed E-state index contributed by atoms with van der Waals surface area (Å²) in [6.07, 6.45) is 5.12. The lowest BCUT2D eigenvalue weighted by atomic mass is 9.98. The van der Waals surface area contributed by atoms with Gasteiger partial charge in [0, 0.05) is 6.04 Å². The summed E-state index contributed by atoms with van der Waals surface area (Å²) in [6.45, 7) is 2.06. The number of carbonyl (C=O) groups is 1. The number of rotatable bonds is 4. The predicted octanol–water partition coefficient (Wildman–Crippen LogP) is 3.46. The van der Waals surface area contributed by atoms with E-state index >= 15 is 0 Å². The number of hydrogen-bond donors (Lipinski definition) is 2. The fraction of sp³-hybridized carbons (Fsp3) is 0.615. The Bertz CT molecular complexity index is 626. The molecule has 2 N–H and O–H groups in total. The Morgan fingerprint density at radius 1 is 1.38 bits per heavy atom. The van der Waals surface area contributed by atoms with Crippen molar-refractivity contribution in [1.82, 2.24) is 4.72 Å². The van der Waals surface area contributed by atoms with E-state index in [9.17, 15) is 13.2 Å². The van der Waals surface area contributed by atoms with E-state index in [-0.39, 0.29) is 15.8 Å². The Labute approximate surface area is 136 Å². The van der Waals surface area contributed by atoms with E-state index in [0.29, 0.717) is 9.70 Å². The molecule has 1 saturated carbocycles. The zero-order valence-corrected chi connectivity index (χ0v) is 14.9. The molecule has 0 aliphatic heterocycles. The molecule has 0 bridgehead atoms. The molecule has 5 nitrogen and oxygen atoms in total. The summed E-state index contributed by atoms with van der Waals surface area (Å²) in [5, 5.41) is 8.96. The van der Waals surface area contributed by atoms with Gasteiger partial charge in [0.15, 0.2) is 0 Å². The van der Waals surface area contributed by atoms with Crippen molar-refractivity contribution in [2.75, 3.05) is 0 Å². The second kappa shape index (κ2) is 6.76. The van der Waals surface area contributed by atoms with Crippen molar-refractivity contribution in [2.24, 2.45) is 5.92 Å². The fourth-order valence-electron chi connectivity index (χ4n) is 2.57. The van der Waals surface area contributed by atoms with Gasteiger partial charge in [-0.15, -0.1) is 11.3 Å². The number of halogens is 1. The Hall–Kier alpha value is -0.440. The molecule has 1 fully saturated rings. The Morgan fingerprint density at radius 3 is 2.67 bits per heavy atom. The van der Waals surface area contributed by atoms with Crippen molar-refractivity contribution in [3.8, 4) is 0 Å². The number of nitrogens with one attached hydrogen (secondary N) is 1. The summed E-state index contributed by atoms with van der Waals surface area (Å²) >= 11 is 4.07. The van der Waals surface area contributed by atoms with Crippen molar-refractivity contribution >= 4 is 43.3 Å². The molecule has 1 aromatic rings. The minimum absolute atomic E-state index is 0.0103. The van der Waals surface area contributed by atoms with Gasteiger partial charge in [-0.1, -0.05) is 26.2 Å². The normalized spacial score (nSPS) is 23.7. The van der Waals surface area contributed by atoms with Gasteiger partial charge in [-0.05, 0) is 40.8 Å². The van der Waals surface area contributed by atoms with Crippen LogP contribution in [0.25, 0.3) is 0 Å². The first-order valence-corrected chi connectivity index (χ1v) is 9.95. The molecule has 21 heavy (non-hydrogen) atoms. The summed E-state index contributed by atoms with van der Waals surface area (Å²) in [7, 11) is -3.70. The topological polar surface area (TPSA) is 83.5 Å². The highest BCUT2D eigenvalue weighted by Crippen LogP contribution is 2.33. The molecule has 1 aromatic heterocycles. The van der Waals surface area contributed by atoms with Crippen molar-refractivity contribution in [3.63, 3.8) is 0 Å². The predicted molar refractivity (Wildman–Crippen MR) is 85.3 cm³/mol. The Kier molecular flexibility index (Phi) is 5.45. The van der Waals surface area contributed by atoms with E-state index in [4.69, 9.17) is 5.11 Å². The molecule has 0 amide bonds. The Balaban J connectivity index is 2.23. The van der Waals surface area contributed by atoms with Crippen molar-refractivity contribution in [2.45, 2.75) is 50.0 Å². The molecule has 2 rings (SSSR count). The first-order valence-electron chi connectivity index (χ1n) is 6.86. The molecule has 8 heteroatoms. The number of carboxylic acid groups (broad SMARTS) is 1. The van der Waals surface area contributed by atoms with Gasteiger partial charge in [0.2, 0.25) is 10.0 Å². The van der Waals surface area contributed by atoms with Gasteiger partial charge in [0.25, 0.3) is 0 Å². The highest BCUT2D eigenvalue weighted by Gasteiger charge is 2.29. The maximum Gasteiger partial charge on any atom is 0.345 e. The van der Waals surface area contributed by atoms with Crippen LogP contribution in [0, 0.1) is 5.92 Å². The number of thiophene rings is 1. The van der Waals surface area contributed by atoms with E-state index in [2.05, 4.69) is 27.6 Å². The Morgan fingerprint density at radius 2 is 2.05 bits per heavy atom. The molecule has 0 radical (unpaired) electrons. The molecular formula is C13H18BrNO4S2. The van der Waals surface area contributed by atoms with Gasteiger partial charge in [0.1, 0.15) is 9.77 Å². The zero-order chi connectivity index (χ0) is 15.6. The highest BCUT2D eigenvalue weighted by molar-refractivity contribution is 9.11. The molecule has 1 aliphatic rings. The average Bonchev–Trinajstić information content (AvgIpc) is 2.69. The van der Waals surface area contributed by atoms with Crippen molar-refractivity contribution in [3.05, 3.63) is 14.7 Å². The van der Waals surface area contributed by atoms with Crippen LogP contribution in [-0.4, -0.2) is 25.5 Å². The first kappa shape index (κ1) is 16.9.